The van der Waals surface area contributed by atoms with Crippen LogP contribution in [0.1, 0.15) is 39.0 Å². The van der Waals surface area contributed by atoms with Crippen molar-refractivity contribution in [2.75, 3.05) is 25.0 Å². The summed E-state index contributed by atoms with van der Waals surface area (Å²) < 4.78 is 5.57. The summed E-state index contributed by atoms with van der Waals surface area (Å²) in [7, 11) is 0. The van der Waals surface area contributed by atoms with Crippen molar-refractivity contribution in [3.8, 4) is 5.75 Å². The van der Waals surface area contributed by atoms with E-state index in [1.165, 1.54) is 12.8 Å². The average molecular weight is 290 g/mol. The molecule has 1 aliphatic heterocycles. The maximum absolute atomic E-state index is 12.0. The van der Waals surface area contributed by atoms with Crippen LogP contribution in [0.25, 0.3) is 0 Å². The number of carbonyl (C=O) groups is 1. The van der Waals surface area contributed by atoms with E-state index in [0.717, 1.165) is 37.4 Å². The normalized spacial score (nSPS) is 18.2. The molecule has 1 unspecified atom stereocenters. The van der Waals surface area contributed by atoms with Crippen molar-refractivity contribution in [1.29, 1.82) is 0 Å². The van der Waals surface area contributed by atoms with E-state index >= 15 is 0 Å². The van der Waals surface area contributed by atoms with E-state index in [2.05, 4.69) is 17.6 Å². The van der Waals surface area contributed by atoms with Crippen LogP contribution in [0.5, 0.6) is 5.75 Å². The molecule has 1 amide bonds. The molecule has 116 valence electrons. The molecule has 1 saturated heterocycles. The van der Waals surface area contributed by atoms with E-state index in [0.29, 0.717) is 18.9 Å². The van der Waals surface area contributed by atoms with Crippen LogP contribution in [0.4, 0.5) is 5.69 Å². The van der Waals surface area contributed by atoms with Crippen LogP contribution in [-0.4, -0.2) is 25.6 Å². The first-order valence-corrected chi connectivity index (χ1v) is 8.01. The second-order valence-corrected chi connectivity index (χ2v) is 5.68. The number of piperidine rings is 1. The number of carbonyl (C=O) groups excluding carboxylic acids is 1. The van der Waals surface area contributed by atoms with Gasteiger partial charge in [0.25, 0.3) is 0 Å². The van der Waals surface area contributed by atoms with Crippen molar-refractivity contribution in [3.63, 3.8) is 0 Å². The van der Waals surface area contributed by atoms with E-state index in [1.807, 2.05) is 24.3 Å². The summed E-state index contributed by atoms with van der Waals surface area (Å²) in [5.41, 5.74) is 0.815. The van der Waals surface area contributed by atoms with Gasteiger partial charge in [0, 0.05) is 18.2 Å². The van der Waals surface area contributed by atoms with Crippen molar-refractivity contribution in [1.82, 2.24) is 5.32 Å². The number of ether oxygens (including phenoxy) is 1. The Morgan fingerprint density at radius 1 is 1.48 bits per heavy atom. The highest BCUT2D eigenvalue weighted by atomic mass is 16.5. The molecule has 0 aliphatic carbocycles. The van der Waals surface area contributed by atoms with Gasteiger partial charge in [0.2, 0.25) is 5.91 Å². The van der Waals surface area contributed by atoms with Crippen LogP contribution in [0, 0.1) is 5.92 Å². The van der Waals surface area contributed by atoms with Gasteiger partial charge < -0.3 is 15.4 Å². The summed E-state index contributed by atoms with van der Waals surface area (Å²) >= 11 is 0. The summed E-state index contributed by atoms with van der Waals surface area (Å²) in [6.07, 6.45) is 4.99. The molecule has 1 aromatic rings. The van der Waals surface area contributed by atoms with Crippen LogP contribution in [0.2, 0.25) is 0 Å². The molecule has 1 atom stereocenters. The third-order valence-corrected chi connectivity index (χ3v) is 3.77. The van der Waals surface area contributed by atoms with Crippen molar-refractivity contribution < 1.29 is 9.53 Å². The predicted molar refractivity (Wildman–Crippen MR) is 85.7 cm³/mol. The molecule has 4 nitrogen and oxygen atoms in total. The molecule has 2 N–H and O–H groups in total. The Hall–Kier alpha value is -1.55. The molecule has 1 fully saturated rings. The summed E-state index contributed by atoms with van der Waals surface area (Å²) in [6, 6.07) is 7.61. The number of anilines is 1. The van der Waals surface area contributed by atoms with E-state index in [1.54, 1.807) is 0 Å². The quantitative estimate of drug-likeness (QED) is 0.811. The van der Waals surface area contributed by atoms with Crippen molar-refractivity contribution in [3.05, 3.63) is 24.3 Å². The van der Waals surface area contributed by atoms with Crippen LogP contribution in [0.15, 0.2) is 24.3 Å². The summed E-state index contributed by atoms with van der Waals surface area (Å²) in [5, 5.41) is 6.35. The Kier molecular flexibility index (Phi) is 6.54. The van der Waals surface area contributed by atoms with Gasteiger partial charge >= 0.3 is 0 Å². The van der Waals surface area contributed by atoms with Gasteiger partial charge in [0.15, 0.2) is 0 Å². The fourth-order valence-electron chi connectivity index (χ4n) is 2.61. The molecule has 0 bridgehead atoms. The zero-order chi connectivity index (χ0) is 14.9. The van der Waals surface area contributed by atoms with E-state index in [4.69, 9.17) is 4.74 Å². The third-order valence-electron chi connectivity index (χ3n) is 3.77. The van der Waals surface area contributed by atoms with Crippen LogP contribution >= 0.6 is 0 Å². The Morgan fingerprint density at radius 2 is 2.38 bits per heavy atom. The molecule has 1 aliphatic rings. The first kappa shape index (κ1) is 15.8. The summed E-state index contributed by atoms with van der Waals surface area (Å²) in [4.78, 5) is 12.0. The lowest BCUT2D eigenvalue weighted by molar-refractivity contribution is -0.116. The van der Waals surface area contributed by atoms with Crippen molar-refractivity contribution in [2.24, 2.45) is 5.92 Å². The minimum Gasteiger partial charge on any atom is -0.494 e. The van der Waals surface area contributed by atoms with Gasteiger partial charge in [-0.1, -0.05) is 13.0 Å². The van der Waals surface area contributed by atoms with Crippen LogP contribution in [0.3, 0.4) is 0 Å². The van der Waals surface area contributed by atoms with Gasteiger partial charge in [-0.15, -0.1) is 0 Å². The summed E-state index contributed by atoms with van der Waals surface area (Å²) in [6.45, 7) is 4.94. The minimum atomic E-state index is 0.0909. The molecular formula is C17H26N2O2. The number of amides is 1. The van der Waals surface area contributed by atoms with Crippen molar-refractivity contribution in [2.45, 2.75) is 39.0 Å². The van der Waals surface area contributed by atoms with Gasteiger partial charge in [-0.3, -0.25) is 4.79 Å². The van der Waals surface area contributed by atoms with E-state index in [-0.39, 0.29) is 5.91 Å². The number of hydrogen-bond donors (Lipinski definition) is 2. The zero-order valence-corrected chi connectivity index (χ0v) is 12.9. The lowest BCUT2D eigenvalue weighted by atomic mass is 9.94. The lowest BCUT2D eigenvalue weighted by Crippen LogP contribution is -2.30. The number of hydrogen-bond acceptors (Lipinski definition) is 3. The number of benzene rings is 1. The number of rotatable bonds is 7. The van der Waals surface area contributed by atoms with Gasteiger partial charge in [-0.05, 0) is 56.8 Å². The second-order valence-electron chi connectivity index (χ2n) is 5.68. The SMILES string of the molecule is CCCOc1cccc(NC(=O)CCC2CCCNC2)c1. The average Bonchev–Trinajstić information content (AvgIpc) is 2.52. The highest BCUT2D eigenvalue weighted by Gasteiger charge is 2.14. The maximum atomic E-state index is 12.0. The molecule has 1 heterocycles. The largest absolute Gasteiger partial charge is 0.494 e. The van der Waals surface area contributed by atoms with Gasteiger partial charge in [0.05, 0.1) is 6.61 Å². The third kappa shape index (κ3) is 5.76. The molecule has 0 saturated carbocycles. The molecular weight excluding hydrogens is 264 g/mol. The van der Waals surface area contributed by atoms with Gasteiger partial charge in [-0.25, -0.2) is 0 Å². The van der Waals surface area contributed by atoms with Gasteiger partial charge in [0.1, 0.15) is 5.75 Å². The Morgan fingerprint density at radius 3 is 3.14 bits per heavy atom. The second kappa shape index (κ2) is 8.67. The lowest BCUT2D eigenvalue weighted by Gasteiger charge is -2.22. The molecule has 0 spiro atoms. The smallest absolute Gasteiger partial charge is 0.224 e. The van der Waals surface area contributed by atoms with Crippen molar-refractivity contribution >= 4 is 11.6 Å². The Balaban J connectivity index is 1.76. The topological polar surface area (TPSA) is 50.4 Å². The number of nitrogens with one attached hydrogen (secondary N) is 2. The molecule has 0 aromatic heterocycles. The van der Waals surface area contributed by atoms with Gasteiger partial charge in [-0.2, -0.15) is 0 Å². The molecule has 0 radical (unpaired) electrons. The first-order chi connectivity index (χ1) is 10.3. The Labute approximate surface area is 127 Å². The van der Waals surface area contributed by atoms with Crippen LogP contribution < -0.4 is 15.4 Å². The Bertz CT molecular complexity index is 442. The summed E-state index contributed by atoms with van der Waals surface area (Å²) in [5.74, 6) is 1.54. The highest BCUT2D eigenvalue weighted by Crippen LogP contribution is 2.19. The fraction of sp³-hybridized carbons (Fsp3) is 0.588. The molecule has 1 aromatic carbocycles. The zero-order valence-electron chi connectivity index (χ0n) is 12.9. The van der Waals surface area contributed by atoms with Crippen LogP contribution in [-0.2, 0) is 4.79 Å². The van der Waals surface area contributed by atoms with E-state index in [9.17, 15) is 4.79 Å². The predicted octanol–water partition coefficient (Wildman–Crippen LogP) is 3.19. The first-order valence-electron chi connectivity index (χ1n) is 8.01. The monoisotopic (exact) mass is 290 g/mol. The van der Waals surface area contributed by atoms with E-state index < -0.39 is 0 Å². The standard InChI is InChI=1S/C17H26N2O2/c1-2-11-21-16-7-3-6-15(12-16)19-17(20)9-8-14-5-4-10-18-13-14/h3,6-7,12,14,18H,2,4-5,8-11,13H2,1H3,(H,19,20). The molecule has 4 heteroatoms. The highest BCUT2D eigenvalue weighted by molar-refractivity contribution is 5.90. The fourth-order valence-corrected chi connectivity index (χ4v) is 2.61. The molecule has 21 heavy (non-hydrogen) atoms. The maximum Gasteiger partial charge on any atom is 0.224 e. The molecule has 2 rings (SSSR count). The minimum absolute atomic E-state index is 0.0909.